The van der Waals surface area contributed by atoms with E-state index in [9.17, 15) is 9.59 Å². The van der Waals surface area contributed by atoms with Gasteiger partial charge in [-0.25, -0.2) is 0 Å². The zero-order valence-electron chi connectivity index (χ0n) is 18.5. The number of fused-ring (bicyclic) bond motifs is 1. The van der Waals surface area contributed by atoms with Gasteiger partial charge in [-0.3, -0.25) is 14.9 Å². The first-order valence-electron chi connectivity index (χ1n) is 10.7. The zero-order valence-corrected chi connectivity index (χ0v) is 19.4. The average Bonchev–Trinajstić information content (AvgIpc) is 2.84. The summed E-state index contributed by atoms with van der Waals surface area (Å²) in [6.45, 7) is 1.94. The number of benzene rings is 4. The molecule has 4 aromatic rings. The van der Waals surface area contributed by atoms with Gasteiger partial charge < -0.3 is 10.6 Å². The van der Waals surface area contributed by atoms with Crippen molar-refractivity contribution >= 4 is 57.4 Å². The average molecular weight is 466 g/mol. The Bertz CT molecular complexity index is 1390. The molecule has 0 radical (unpaired) electrons. The number of anilines is 2. The quantitative estimate of drug-likeness (QED) is 0.252. The van der Waals surface area contributed by atoms with Crippen LogP contribution in [0.1, 0.15) is 21.5 Å². The summed E-state index contributed by atoms with van der Waals surface area (Å²) in [5.74, 6) is -0.502. The van der Waals surface area contributed by atoms with E-state index in [0.717, 1.165) is 21.9 Å². The number of thiocarbonyl (C=S) groups is 1. The lowest BCUT2D eigenvalue weighted by atomic mass is 10.0. The smallest absolute Gasteiger partial charge is 0.255 e. The van der Waals surface area contributed by atoms with E-state index in [-0.39, 0.29) is 16.9 Å². The molecular formula is C28H23N3O2S. The van der Waals surface area contributed by atoms with Crippen LogP contribution in [-0.4, -0.2) is 16.9 Å². The second-order valence-corrected chi connectivity index (χ2v) is 8.15. The van der Waals surface area contributed by atoms with E-state index < -0.39 is 0 Å². The molecule has 6 heteroatoms. The summed E-state index contributed by atoms with van der Waals surface area (Å²) in [6, 6.07) is 28.4. The minimum atomic E-state index is -0.326. The molecule has 5 nitrogen and oxygen atoms in total. The second kappa shape index (κ2) is 10.6. The normalized spacial score (nSPS) is 10.7. The number of amides is 2. The predicted molar refractivity (Wildman–Crippen MR) is 143 cm³/mol. The van der Waals surface area contributed by atoms with E-state index >= 15 is 0 Å². The number of carbonyl (C=O) groups is 2. The van der Waals surface area contributed by atoms with Crippen molar-refractivity contribution in [3.05, 3.63) is 114 Å². The highest BCUT2D eigenvalue weighted by molar-refractivity contribution is 7.80. The SMILES string of the molecule is Cc1cccc(C(=O)Nc2ccc(NC(=S)NC(=O)/C=C/c3cccc4ccccc34)cc2)c1. The molecule has 0 fully saturated rings. The van der Waals surface area contributed by atoms with E-state index in [1.54, 1.807) is 36.4 Å². The van der Waals surface area contributed by atoms with Gasteiger partial charge in [0.2, 0.25) is 5.91 Å². The van der Waals surface area contributed by atoms with Gasteiger partial charge >= 0.3 is 0 Å². The lowest BCUT2D eigenvalue weighted by Crippen LogP contribution is -2.32. The molecule has 0 aromatic heterocycles. The Kier molecular flexibility index (Phi) is 7.10. The molecule has 0 spiro atoms. The molecule has 0 aliphatic heterocycles. The first kappa shape index (κ1) is 22.9. The van der Waals surface area contributed by atoms with Crippen LogP contribution in [0.2, 0.25) is 0 Å². The molecule has 0 saturated carbocycles. The van der Waals surface area contributed by atoms with Crippen molar-refractivity contribution in [3.63, 3.8) is 0 Å². The van der Waals surface area contributed by atoms with Crippen LogP contribution in [0.25, 0.3) is 16.8 Å². The van der Waals surface area contributed by atoms with Crippen LogP contribution in [0, 0.1) is 6.92 Å². The Balaban J connectivity index is 1.31. The maximum atomic E-state index is 12.4. The van der Waals surface area contributed by atoms with Crippen molar-refractivity contribution in [3.8, 4) is 0 Å². The molecule has 0 unspecified atom stereocenters. The van der Waals surface area contributed by atoms with E-state index in [1.165, 1.54) is 6.08 Å². The topological polar surface area (TPSA) is 70.2 Å². The van der Waals surface area contributed by atoms with Crippen molar-refractivity contribution < 1.29 is 9.59 Å². The lowest BCUT2D eigenvalue weighted by Gasteiger charge is -2.10. The van der Waals surface area contributed by atoms with Crippen molar-refractivity contribution in [2.24, 2.45) is 0 Å². The van der Waals surface area contributed by atoms with Crippen LogP contribution in [0.4, 0.5) is 11.4 Å². The Morgan fingerprint density at radius 1 is 0.794 bits per heavy atom. The highest BCUT2D eigenvalue weighted by Gasteiger charge is 2.07. The van der Waals surface area contributed by atoms with Gasteiger partial charge in [-0.05, 0) is 78.0 Å². The van der Waals surface area contributed by atoms with Gasteiger partial charge in [-0.1, -0.05) is 60.2 Å². The van der Waals surface area contributed by atoms with E-state index in [1.807, 2.05) is 67.6 Å². The van der Waals surface area contributed by atoms with E-state index in [2.05, 4.69) is 16.0 Å². The summed E-state index contributed by atoms with van der Waals surface area (Å²) in [5, 5.41) is 10.9. The molecular weight excluding hydrogens is 442 g/mol. The summed E-state index contributed by atoms with van der Waals surface area (Å²) >= 11 is 5.25. The number of carbonyl (C=O) groups excluding carboxylic acids is 2. The summed E-state index contributed by atoms with van der Waals surface area (Å²) in [5.41, 5.74) is 3.93. The molecule has 0 heterocycles. The molecule has 168 valence electrons. The molecule has 0 bridgehead atoms. The number of hydrogen-bond donors (Lipinski definition) is 3. The first-order valence-corrected chi connectivity index (χ1v) is 11.1. The van der Waals surface area contributed by atoms with E-state index in [0.29, 0.717) is 16.9 Å². The summed E-state index contributed by atoms with van der Waals surface area (Å²) < 4.78 is 0. The largest absolute Gasteiger partial charge is 0.332 e. The zero-order chi connectivity index (χ0) is 23.9. The fourth-order valence-electron chi connectivity index (χ4n) is 3.50. The third kappa shape index (κ3) is 5.94. The van der Waals surface area contributed by atoms with Crippen LogP contribution in [0.3, 0.4) is 0 Å². The first-order chi connectivity index (χ1) is 16.5. The van der Waals surface area contributed by atoms with Crippen molar-refractivity contribution in [2.45, 2.75) is 6.92 Å². The monoisotopic (exact) mass is 465 g/mol. The molecule has 34 heavy (non-hydrogen) atoms. The van der Waals surface area contributed by atoms with Gasteiger partial charge in [0.1, 0.15) is 0 Å². The second-order valence-electron chi connectivity index (χ2n) is 7.75. The van der Waals surface area contributed by atoms with Gasteiger partial charge in [0, 0.05) is 23.0 Å². The lowest BCUT2D eigenvalue weighted by molar-refractivity contribution is -0.115. The van der Waals surface area contributed by atoms with Crippen LogP contribution < -0.4 is 16.0 Å². The molecule has 0 aliphatic rings. The molecule has 3 N–H and O–H groups in total. The standard InChI is InChI=1S/C28H23N3O2S/c1-19-6-4-10-22(18-19)27(33)29-23-13-15-24(16-14-23)30-28(34)31-26(32)17-12-21-9-5-8-20-7-2-3-11-25(20)21/h2-18H,1H3,(H,29,33)(H2,30,31,32,34)/b17-12+. The van der Waals surface area contributed by atoms with Crippen LogP contribution in [0.5, 0.6) is 0 Å². The summed E-state index contributed by atoms with van der Waals surface area (Å²) in [4.78, 5) is 24.7. The van der Waals surface area contributed by atoms with Crippen molar-refractivity contribution in [2.75, 3.05) is 10.6 Å². The number of rotatable bonds is 5. The van der Waals surface area contributed by atoms with Crippen LogP contribution in [0.15, 0.2) is 97.1 Å². The predicted octanol–water partition coefficient (Wildman–Crippen LogP) is 5.93. The van der Waals surface area contributed by atoms with Crippen molar-refractivity contribution in [1.29, 1.82) is 0 Å². The summed E-state index contributed by atoms with van der Waals surface area (Å²) in [7, 11) is 0. The minimum Gasteiger partial charge on any atom is -0.332 e. The Morgan fingerprint density at radius 3 is 2.24 bits per heavy atom. The van der Waals surface area contributed by atoms with Gasteiger partial charge in [-0.2, -0.15) is 0 Å². The number of hydrogen-bond acceptors (Lipinski definition) is 3. The summed E-state index contributed by atoms with van der Waals surface area (Å²) in [6.07, 6.45) is 3.23. The molecule has 0 saturated heterocycles. The fraction of sp³-hybridized carbons (Fsp3) is 0.0357. The Hall–Kier alpha value is -4.29. The third-order valence-corrected chi connectivity index (χ3v) is 5.36. The van der Waals surface area contributed by atoms with E-state index in [4.69, 9.17) is 12.2 Å². The van der Waals surface area contributed by atoms with Gasteiger partial charge in [0.25, 0.3) is 5.91 Å². The van der Waals surface area contributed by atoms with Crippen LogP contribution in [-0.2, 0) is 4.79 Å². The molecule has 2 amide bonds. The molecule has 4 rings (SSSR count). The fourth-order valence-corrected chi connectivity index (χ4v) is 3.72. The van der Waals surface area contributed by atoms with Gasteiger partial charge in [-0.15, -0.1) is 0 Å². The Morgan fingerprint density at radius 2 is 1.47 bits per heavy atom. The van der Waals surface area contributed by atoms with Gasteiger partial charge in [0.15, 0.2) is 5.11 Å². The highest BCUT2D eigenvalue weighted by Crippen LogP contribution is 2.19. The van der Waals surface area contributed by atoms with Gasteiger partial charge in [0.05, 0.1) is 0 Å². The number of nitrogens with one attached hydrogen (secondary N) is 3. The molecule has 0 atom stereocenters. The minimum absolute atomic E-state index is 0.176. The highest BCUT2D eigenvalue weighted by atomic mass is 32.1. The molecule has 4 aromatic carbocycles. The van der Waals surface area contributed by atoms with Crippen LogP contribution >= 0.6 is 12.2 Å². The maximum Gasteiger partial charge on any atom is 0.255 e. The third-order valence-electron chi connectivity index (χ3n) is 5.16. The maximum absolute atomic E-state index is 12.4. The van der Waals surface area contributed by atoms with Crippen molar-refractivity contribution in [1.82, 2.24) is 5.32 Å². The molecule has 0 aliphatic carbocycles. The Labute approximate surface area is 203 Å². The number of aryl methyl sites for hydroxylation is 1.